The Balaban J connectivity index is 1.67. The molecular weight excluding hydrogens is 425 g/mol. The Bertz CT molecular complexity index is 1180. The number of carbonyl (C=O) groups excluding carboxylic acids is 2. The average Bonchev–Trinajstić information content (AvgIpc) is 3.37. The molecule has 0 bridgehead atoms. The molecule has 10 heteroatoms. The van der Waals surface area contributed by atoms with Gasteiger partial charge in [0.15, 0.2) is 0 Å². The molecule has 0 spiro atoms. The maximum absolute atomic E-state index is 13.5. The summed E-state index contributed by atoms with van der Waals surface area (Å²) in [5.41, 5.74) is -1.85. The van der Waals surface area contributed by atoms with Crippen molar-refractivity contribution in [3.8, 4) is 0 Å². The van der Waals surface area contributed by atoms with E-state index in [9.17, 15) is 27.9 Å². The number of carbonyl (C=O) groups is 2. The van der Waals surface area contributed by atoms with Crippen molar-refractivity contribution in [2.24, 2.45) is 5.10 Å². The van der Waals surface area contributed by atoms with Crippen molar-refractivity contribution in [2.75, 3.05) is 0 Å². The molecule has 7 nitrogen and oxygen atoms in total. The van der Waals surface area contributed by atoms with Crippen molar-refractivity contribution in [1.82, 2.24) is 15.3 Å². The lowest BCUT2D eigenvalue weighted by Crippen LogP contribution is -2.60. The Labute approximate surface area is 180 Å². The molecule has 2 unspecified atom stereocenters. The fourth-order valence-corrected chi connectivity index (χ4v) is 3.61. The van der Waals surface area contributed by atoms with Crippen molar-refractivity contribution in [1.29, 1.82) is 0 Å². The third-order valence-electron chi connectivity index (χ3n) is 5.32. The monoisotopic (exact) mass is 444 g/mol. The Morgan fingerprint density at radius 1 is 1.16 bits per heavy atom. The average molecular weight is 444 g/mol. The molecule has 1 aliphatic heterocycles. The van der Waals surface area contributed by atoms with Gasteiger partial charge in [-0.05, 0) is 23.8 Å². The van der Waals surface area contributed by atoms with Gasteiger partial charge >= 0.3 is 6.18 Å². The minimum Gasteiger partial charge on any atom is -0.362 e. The van der Waals surface area contributed by atoms with E-state index in [1.807, 2.05) is 12.1 Å². The summed E-state index contributed by atoms with van der Waals surface area (Å²) in [5.74, 6) is -1.81. The molecule has 0 saturated carbocycles. The van der Waals surface area contributed by atoms with Gasteiger partial charge in [0, 0.05) is 41.7 Å². The zero-order valence-corrected chi connectivity index (χ0v) is 16.6. The number of nitrogens with one attached hydrogen (secondary N) is 2. The molecule has 0 fully saturated rings. The van der Waals surface area contributed by atoms with Gasteiger partial charge in [0.25, 0.3) is 17.5 Å². The molecule has 4 rings (SSSR count). The van der Waals surface area contributed by atoms with Crippen LogP contribution in [0.3, 0.4) is 0 Å². The number of rotatable bonds is 5. The van der Waals surface area contributed by atoms with E-state index < -0.39 is 36.2 Å². The van der Waals surface area contributed by atoms with Crippen LogP contribution in [0.5, 0.6) is 0 Å². The summed E-state index contributed by atoms with van der Waals surface area (Å²) < 4.78 is 40.5. The Morgan fingerprint density at radius 3 is 2.56 bits per heavy atom. The van der Waals surface area contributed by atoms with E-state index in [0.29, 0.717) is 5.56 Å². The third-order valence-corrected chi connectivity index (χ3v) is 5.32. The fraction of sp³-hybridized carbons (Fsp3) is 0.227. The van der Waals surface area contributed by atoms with Gasteiger partial charge < -0.3 is 15.4 Å². The summed E-state index contributed by atoms with van der Waals surface area (Å²) >= 11 is 0. The summed E-state index contributed by atoms with van der Waals surface area (Å²) in [7, 11) is 0. The topological polar surface area (TPSA) is 97.8 Å². The number of hydrogen-bond donors (Lipinski definition) is 3. The molecule has 32 heavy (non-hydrogen) atoms. The number of aliphatic hydroxyl groups is 1. The Hall–Kier alpha value is -3.66. The standard InChI is InChI=1S/C22H19F3N4O3/c23-22(24,25)21(32)10-11-27-29(21)20(31)18(28-19(30)14-6-2-1-3-7-14)12-15-13-26-17-9-5-4-8-16(15)17/h1-9,11,13,18,26,32H,10,12H2,(H,28,30). The fourth-order valence-electron chi connectivity index (χ4n) is 3.61. The molecule has 2 aromatic carbocycles. The van der Waals surface area contributed by atoms with Gasteiger partial charge in [0.05, 0.1) is 0 Å². The number of alkyl halides is 3. The van der Waals surface area contributed by atoms with Crippen LogP contribution < -0.4 is 5.32 Å². The number of hydrogen-bond acceptors (Lipinski definition) is 4. The van der Waals surface area contributed by atoms with Crippen LogP contribution in [-0.2, 0) is 11.2 Å². The van der Waals surface area contributed by atoms with Gasteiger partial charge in [-0.25, -0.2) is 0 Å². The maximum Gasteiger partial charge on any atom is 0.438 e. The highest BCUT2D eigenvalue weighted by Gasteiger charge is 2.62. The molecule has 3 aromatic rings. The second kappa shape index (κ2) is 8.12. The van der Waals surface area contributed by atoms with Crippen LogP contribution in [0.2, 0.25) is 0 Å². The molecule has 2 atom stereocenters. The minimum atomic E-state index is -5.13. The van der Waals surface area contributed by atoms with Crippen LogP contribution in [0.1, 0.15) is 22.3 Å². The minimum absolute atomic E-state index is 0.0117. The summed E-state index contributed by atoms with van der Waals surface area (Å²) in [6, 6.07) is 13.8. The van der Waals surface area contributed by atoms with E-state index >= 15 is 0 Å². The summed E-state index contributed by atoms with van der Waals surface area (Å²) in [5, 5.41) is 16.9. The summed E-state index contributed by atoms with van der Waals surface area (Å²) in [6.07, 6.45) is -3.68. The van der Waals surface area contributed by atoms with E-state index in [0.717, 1.165) is 17.1 Å². The van der Waals surface area contributed by atoms with Crippen LogP contribution >= 0.6 is 0 Å². The van der Waals surface area contributed by atoms with Crippen LogP contribution in [0.4, 0.5) is 13.2 Å². The largest absolute Gasteiger partial charge is 0.438 e. The lowest BCUT2D eigenvalue weighted by atomic mass is 10.0. The van der Waals surface area contributed by atoms with Gasteiger partial charge in [0.1, 0.15) is 6.04 Å². The lowest BCUT2D eigenvalue weighted by molar-refractivity contribution is -0.302. The smallest absolute Gasteiger partial charge is 0.362 e. The van der Waals surface area contributed by atoms with Gasteiger partial charge in [-0.3, -0.25) is 9.59 Å². The number of amides is 2. The predicted molar refractivity (Wildman–Crippen MR) is 111 cm³/mol. The van der Waals surface area contributed by atoms with E-state index in [1.165, 1.54) is 12.1 Å². The normalized spacial score (nSPS) is 19.3. The first-order valence-corrected chi connectivity index (χ1v) is 9.77. The van der Waals surface area contributed by atoms with Crippen LogP contribution in [0.15, 0.2) is 65.9 Å². The predicted octanol–water partition coefficient (Wildman–Crippen LogP) is 2.98. The number of halogens is 3. The van der Waals surface area contributed by atoms with Crippen LogP contribution in [0, 0.1) is 0 Å². The first-order chi connectivity index (χ1) is 15.2. The lowest BCUT2D eigenvalue weighted by Gasteiger charge is -2.34. The number of aromatic nitrogens is 1. The van der Waals surface area contributed by atoms with Gasteiger partial charge in [-0.15, -0.1) is 0 Å². The Morgan fingerprint density at radius 2 is 1.84 bits per heavy atom. The maximum atomic E-state index is 13.5. The van der Waals surface area contributed by atoms with Crippen molar-refractivity contribution in [3.63, 3.8) is 0 Å². The molecule has 2 amide bonds. The number of benzene rings is 2. The van der Waals surface area contributed by atoms with Crippen molar-refractivity contribution in [2.45, 2.75) is 30.8 Å². The number of H-pyrrole nitrogens is 1. The van der Waals surface area contributed by atoms with Crippen molar-refractivity contribution in [3.05, 3.63) is 71.9 Å². The summed E-state index contributed by atoms with van der Waals surface area (Å²) in [6.45, 7) is 0. The van der Waals surface area contributed by atoms with Gasteiger partial charge in [0.2, 0.25) is 0 Å². The SMILES string of the molecule is O=C(NC(Cc1c[nH]c2ccccc12)C(=O)N1N=CCC1(O)C(F)(F)F)c1ccccc1. The molecule has 3 N–H and O–H groups in total. The van der Waals surface area contributed by atoms with E-state index in [1.54, 1.807) is 36.5 Å². The van der Waals surface area contributed by atoms with E-state index in [-0.39, 0.29) is 17.0 Å². The highest BCUT2D eigenvalue weighted by atomic mass is 19.4. The van der Waals surface area contributed by atoms with Gasteiger partial charge in [-0.1, -0.05) is 36.4 Å². The number of fused-ring (bicyclic) bond motifs is 1. The number of para-hydroxylation sites is 1. The molecule has 2 heterocycles. The molecule has 0 radical (unpaired) electrons. The highest BCUT2D eigenvalue weighted by molar-refractivity contribution is 5.98. The first kappa shape index (κ1) is 21.6. The summed E-state index contributed by atoms with van der Waals surface area (Å²) in [4.78, 5) is 28.9. The highest BCUT2D eigenvalue weighted by Crippen LogP contribution is 2.39. The first-order valence-electron chi connectivity index (χ1n) is 9.77. The molecule has 1 aliphatic rings. The molecule has 1 aromatic heterocycles. The quantitative estimate of drug-likeness (QED) is 0.564. The second-order valence-electron chi connectivity index (χ2n) is 7.42. The molecule has 166 valence electrons. The second-order valence-corrected chi connectivity index (χ2v) is 7.42. The number of hydrazone groups is 1. The molecule has 0 saturated heterocycles. The Kier molecular flexibility index (Phi) is 5.47. The van der Waals surface area contributed by atoms with E-state index in [4.69, 9.17) is 0 Å². The molecular formula is C22H19F3N4O3. The third kappa shape index (κ3) is 3.84. The number of nitrogens with zero attached hydrogens (tertiary/aromatic N) is 2. The van der Waals surface area contributed by atoms with Crippen LogP contribution in [-0.4, -0.2) is 51.1 Å². The van der Waals surface area contributed by atoms with Gasteiger partial charge in [-0.2, -0.15) is 23.3 Å². The van der Waals surface area contributed by atoms with Crippen LogP contribution in [0.25, 0.3) is 10.9 Å². The zero-order valence-electron chi connectivity index (χ0n) is 16.6. The zero-order chi connectivity index (χ0) is 22.9. The number of aromatic amines is 1. The van der Waals surface area contributed by atoms with E-state index in [2.05, 4.69) is 15.4 Å². The van der Waals surface area contributed by atoms with Crippen molar-refractivity contribution < 1.29 is 27.9 Å². The van der Waals surface area contributed by atoms with Crippen molar-refractivity contribution >= 4 is 28.9 Å². The molecule has 0 aliphatic carbocycles.